The van der Waals surface area contributed by atoms with Gasteiger partial charge in [-0.15, -0.1) is 0 Å². The van der Waals surface area contributed by atoms with Gasteiger partial charge in [0.05, 0.1) is 13.2 Å². The molecule has 1 rings (SSSR count). The van der Waals surface area contributed by atoms with E-state index >= 15 is 0 Å². The van der Waals surface area contributed by atoms with Crippen LogP contribution in [0, 0.1) is 0 Å². The van der Waals surface area contributed by atoms with Crippen molar-refractivity contribution in [1.82, 2.24) is 10.2 Å². The lowest BCUT2D eigenvalue weighted by molar-refractivity contribution is 0.0257. The summed E-state index contributed by atoms with van der Waals surface area (Å²) in [7, 11) is 1.73. The van der Waals surface area contributed by atoms with E-state index in [0.29, 0.717) is 26.3 Å². The Kier molecular flexibility index (Phi) is 3.83. The summed E-state index contributed by atoms with van der Waals surface area (Å²) in [4.78, 5) is 12.8. The Balaban J connectivity index is 2.20. The largest absolute Gasteiger partial charge is 0.433 e. The third kappa shape index (κ3) is 2.67. The number of nitrogens with one attached hydrogen (secondary N) is 1. The average Bonchev–Trinajstić information content (AvgIpc) is 2.15. The first-order valence-electron chi connectivity index (χ1n) is 3.98. The van der Waals surface area contributed by atoms with E-state index < -0.39 is 0 Å². The van der Waals surface area contributed by atoms with E-state index in [2.05, 4.69) is 5.32 Å². The Morgan fingerprint density at radius 3 is 2.83 bits per heavy atom. The van der Waals surface area contributed by atoms with Crippen molar-refractivity contribution >= 4 is 6.09 Å². The summed E-state index contributed by atoms with van der Waals surface area (Å²) in [6.07, 6.45) is -0.271. The van der Waals surface area contributed by atoms with Crippen LogP contribution in [0.4, 0.5) is 4.79 Å². The van der Waals surface area contributed by atoms with Crippen molar-refractivity contribution in [3.63, 3.8) is 0 Å². The zero-order valence-electron chi connectivity index (χ0n) is 7.21. The lowest BCUT2D eigenvalue weighted by atomic mass is 10.5. The van der Waals surface area contributed by atoms with Crippen LogP contribution in [-0.4, -0.2) is 51.1 Å². The van der Waals surface area contributed by atoms with E-state index in [1.54, 1.807) is 11.9 Å². The Labute approximate surface area is 71.6 Å². The van der Waals surface area contributed by atoms with E-state index in [1.807, 2.05) is 0 Å². The summed E-state index contributed by atoms with van der Waals surface area (Å²) in [6, 6.07) is 0. The van der Waals surface area contributed by atoms with Crippen molar-refractivity contribution in [3.8, 4) is 0 Å². The van der Waals surface area contributed by atoms with Crippen LogP contribution < -0.4 is 5.32 Å². The first-order chi connectivity index (χ1) is 5.84. The standard InChI is InChI=1S/C7H14N2O3/c1-8-6-12-7(10)9-2-4-11-5-3-9/h8H,2-6H2,1H3. The van der Waals surface area contributed by atoms with E-state index in [0.717, 1.165) is 0 Å². The molecule has 0 aliphatic carbocycles. The molecule has 1 fully saturated rings. The van der Waals surface area contributed by atoms with Gasteiger partial charge in [-0.3, -0.25) is 5.32 Å². The molecular weight excluding hydrogens is 160 g/mol. The minimum absolute atomic E-state index is 0.260. The summed E-state index contributed by atoms with van der Waals surface area (Å²) < 4.78 is 9.94. The van der Waals surface area contributed by atoms with E-state index in [4.69, 9.17) is 9.47 Å². The highest BCUT2D eigenvalue weighted by molar-refractivity contribution is 5.67. The summed E-state index contributed by atoms with van der Waals surface area (Å²) in [6.45, 7) is 2.73. The summed E-state index contributed by atoms with van der Waals surface area (Å²) >= 11 is 0. The predicted molar refractivity (Wildman–Crippen MR) is 42.8 cm³/mol. The molecule has 1 saturated heterocycles. The Morgan fingerprint density at radius 2 is 2.25 bits per heavy atom. The van der Waals surface area contributed by atoms with Crippen LogP contribution in [0.1, 0.15) is 0 Å². The van der Waals surface area contributed by atoms with Crippen molar-refractivity contribution in [2.75, 3.05) is 40.1 Å². The molecule has 5 nitrogen and oxygen atoms in total. The normalized spacial score (nSPS) is 17.6. The summed E-state index contributed by atoms with van der Waals surface area (Å²) in [5.74, 6) is 0. The van der Waals surface area contributed by atoms with Crippen LogP contribution in [0.3, 0.4) is 0 Å². The van der Waals surface area contributed by atoms with Gasteiger partial charge in [0.15, 0.2) is 0 Å². The molecule has 1 heterocycles. The van der Waals surface area contributed by atoms with E-state index in [9.17, 15) is 4.79 Å². The maximum absolute atomic E-state index is 11.2. The maximum Gasteiger partial charge on any atom is 0.411 e. The molecule has 1 aliphatic heterocycles. The quantitative estimate of drug-likeness (QED) is 0.580. The molecule has 70 valence electrons. The monoisotopic (exact) mass is 174 g/mol. The van der Waals surface area contributed by atoms with Crippen molar-refractivity contribution in [2.24, 2.45) is 0 Å². The summed E-state index contributed by atoms with van der Waals surface area (Å²) in [5, 5.41) is 2.74. The molecule has 0 aromatic carbocycles. The highest BCUT2D eigenvalue weighted by atomic mass is 16.6. The Hall–Kier alpha value is -0.810. The Morgan fingerprint density at radius 1 is 1.58 bits per heavy atom. The van der Waals surface area contributed by atoms with Crippen molar-refractivity contribution in [2.45, 2.75) is 0 Å². The fourth-order valence-corrected chi connectivity index (χ4v) is 0.971. The predicted octanol–water partition coefficient (Wildman–Crippen LogP) is -0.368. The van der Waals surface area contributed by atoms with Crippen molar-refractivity contribution in [3.05, 3.63) is 0 Å². The van der Waals surface area contributed by atoms with Crippen LogP contribution in [0.25, 0.3) is 0 Å². The van der Waals surface area contributed by atoms with Crippen LogP contribution in [0.2, 0.25) is 0 Å². The molecule has 1 aliphatic rings. The SMILES string of the molecule is CNCOC(=O)N1CCOCC1. The van der Waals surface area contributed by atoms with E-state index in [1.165, 1.54) is 0 Å². The fraction of sp³-hybridized carbons (Fsp3) is 0.857. The molecular formula is C7H14N2O3. The van der Waals surface area contributed by atoms with Crippen LogP contribution >= 0.6 is 0 Å². The molecule has 0 spiro atoms. The molecule has 1 N–H and O–H groups in total. The van der Waals surface area contributed by atoms with Gasteiger partial charge in [0, 0.05) is 13.1 Å². The summed E-state index contributed by atoms with van der Waals surface area (Å²) in [5.41, 5.74) is 0. The second-order valence-corrected chi connectivity index (χ2v) is 2.51. The third-order valence-electron chi connectivity index (χ3n) is 1.61. The smallest absolute Gasteiger partial charge is 0.411 e. The molecule has 0 atom stereocenters. The first kappa shape index (κ1) is 9.28. The number of morpholine rings is 1. The van der Waals surface area contributed by atoms with Gasteiger partial charge < -0.3 is 14.4 Å². The number of carbonyl (C=O) groups excluding carboxylic acids is 1. The molecule has 0 bridgehead atoms. The van der Waals surface area contributed by atoms with Crippen LogP contribution in [0.5, 0.6) is 0 Å². The minimum Gasteiger partial charge on any atom is -0.433 e. The third-order valence-corrected chi connectivity index (χ3v) is 1.61. The molecule has 1 amide bonds. The van der Waals surface area contributed by atoms with Crippen LogP contribution in [-0.2, 0) is 9.47 Å². The Bertz CT molecular complexity index is 146. The number of rotatable bonds is 2. The second-order valence-electron chi connectivity index (χ2n) is 2.51. The van der Waals surface area contributed by atoms with Gasteiger partial charge >= 0.3 is 6.09 Å². The molecule has 0 saturated carbocycles. The zero-order valence-corrected chi connectivity index (χ0v) is 7.21. The van der Waals surface area contributed by atoms with Gasteiger partial charge in [-0.1, -0.05) is 0 Å². The number of ether oxygens (including phenoxy) is 2. The van der Waals surface area contributed by atoms with Gasteiger partial charge in [-0.2, -0.15) is 0 Å². The van der Waals surface area contributed by atoms with Crippen LogP contribution in [0.15, 0.2) is 0 Å². The van der Waals surface area contributed by atoms with Gasteiger partial charge in [0.1, 0.15) is 6.73 Å². The van der Waals surface area contributed by atoms with Crippen molar-refractivity contribution < 1.29 is 14.3 Å². The van der Waals surface area contributed by atoms with Gasteiger partial charge in [0.25, 0.3) is 0 Å². The molecule has 0 aromatic heterocycles. The second kappa shape index (κ2) is 4.95. The molecule has 12 heavy (non-hydrogen) atoms. The number of nitrogens with zero attached hydrogens (tertiary/aromatic N) is 1. The lowest BCUT2D eigenvalue weighted by Gasteiger charge is -2.25. The highest BCUT2D eigenvalue weighted by Crippen LogP contribution is 1.98. The van der Waals surface area contributed by atoms with Gasteiger partial charge in [0.2, 0.25) is 0 Å². The first-order valence-corrected chi connectivity index (χ1v) is 3.98. The maximum atomic E-state index is 11.2. The topological polar surface area (TPSA) is 50.8 Å². The van der Waals surface area contributed by atoms with Gasteiger partial charge in [-0.25, -0.2) is 4.79 Å². The molecule has 0 unspecified atom stereocenters. The average molecular weight is 174 g/mol. The lowest BCUT2D eigenvalue weighted by Crippen LogP contribution is -2.41. The highest BCUT2D eigenvalue weighted by Gasteiger charge is 2.17. The minimum atomic E-state index is -0.271. The number of carbonyl (C=O) groups is 1. The number of amides is 1. The number of hydrogen-bond acceptors (Lipinski definition) is 4. The fourth-order valence-electron chi connectivity index (χ4n) is 0.971. The molecule has 5 heteroatoms. The number of hydrogen-bond donors (Lipinski definition) is 1. The molecule has 0 aromatic rings. The van der Waals surface area contributed by atoms with E-state index in [-0.39, 0.29) is 12.8 Å². The zero-order chi connectivity index (χ0) is 8.81. The van der Waals surface area contributed by atoms with Crippen molar-refractivity contribution in [1.29, 1.82) is 0 Å². The van der Waals surface area contributed by atoms with Gasteiger partial charge in [-0.05, 0) is 7.05 Å². The molecule has 0 radical (unpaired) electrons.